The molecular formula is C10H21NO3. The summed E-state index contributed by atoms with van der Waals surface area (Å²) < 4.78 is 0. The van der Waals surface area contributed by atoms with E-state index in [1.807, 2.05) is 20.8 Å². The number of carboxylic acids is 1. The summed E-state index contributed by atoms with van der Waals surface area (Å²) in [5, 5.41) is 21.2. The molecule has 84 valence electrons. The predicted molar refractivity (Wildman–Crippen MR) is 55.2 cm³/mol. The van der Waals surface area contributed by atoms with Gasteiger partial charge >= 0.3 is 5.97 Å². The largest absolute Gasteiger partial charge is 0.480 e. The number of carboxylic acid groups (broad SMARTS) is 1. The molecule has 0 heterocycles. The molecule has 0 radical (unpaired) electrons. The Morgan fingerprint density at radius 1 is 1.29 bits per heavy atom. The van der Waals surface area contributed by atoms with E-state index in [-0.39, 0.29) is 6.61 Å². The molecule has 0 aliphatic heterocycles. The fourth-order valence-corrected chi connectivity index (χ4v) is 1.20. The van der Waals surface area contributed by atoms with Crippen molar-refractivity contribution < 1.29 is 15.0 Å². The average molecular weight is 203 g/mol. The van der Waals surface area contributed by atoms with Crippen LogP contribution in [0.4, 0.5) is 0 Å². The summed E-state index contributed by atoms with van der Waals surface area (Å²) >= 11 is 0. The van der Waals surface area contributed by atoms with E-state index in [9.17, 15) is 9.90 Å². The molecule has 0 amide bonds. The summed E-state index contributed by atoms with van der Waals surface area (Å²) in [7, 11) is 0. The zero-order valence-electron chi connectivity index (χ0n) is 9.42. The van der Waals surface area contributed by atoms with Gasteiger partial charge in [-0.25, -0.2) is 0 Å². The number of aliphatic hydroxyl groups excluding tert-OH is 1. The lowest BCUT2D eigenvalue weighted by molar-refractivity contribution is -0.145. The van der Waals surface area contributed by atoms with Crippen LogP contribution in [0, 0.1) is 0 Å². The number of aliphatic hydroxyl groups is 1. The molecule has 2 unspecified atom stereocenters. The van der Waals surface area contributed by atoms with Gasteiger partial charge in [-0.15, -0.1) is 0 Å². The van der Waals surface area contributed by atoms with Crippen molar-refractivity contribution in [3.63, 3.8) is 0 Å². The fourth-order valence-electron chi connectivity index (χ4n) is 1.20. The van der Waals surface area contributed by atoms with E-state index < -0.39 is 17.0 Å². The predicted octanol–water partition coefficient (Wildman–Crippen LogP) is 0.990. The van der Waals surface area contributed by atoms with Crippen LogP contribution in [0.3, 0.4) is 0 Å². The smallest absolute Gasteiger partial charge is 0.323 e. The number of aliphatic carboxylic acids is 1. The van der Waals surface area contributed by atoms with Crippen molar-refractivity contribution in [1.29, 1.82) is 0 Å². The highest BCUT2D eigenvalue weighted by Crippen LogP contribution is 2.18. The van der Waals surface area contributed by atoms with Gasteiger partial charge in [-0.05, 0) is 26.7 Å². The third-order valence-corrected chi connectivity index (χ3v) is 2.89. The second-order valence-electron chi connectivity index (χ2n) is 4.19. The van der Waals surface area contributed by atoms with Gasteiger partial charge in [-0.2, -0.15) is 0 Å². The Labute approximate surface area is 85.3 Å². The van der Waals surface area contributed by atoms with Gasteiger partial charge in [-0.3, -0.25) is 10.1 Å². The highest BCUT2D eigenvalue weighted by atomic mass is 16.4. The SMILES string of the molecule is CCC(C)(CO)NC(C)(CC)C(=O)O. The molecule has 0 saturated carbocycles. The topological polar surface area (TPSA) is 69.6 Å². The van der Waals surface area contributed by atoms with Crippen molar-refractivity contribution in [3.05, 3.63) is 0 Å². The van der Waals surface area contributed by atoms with Crippen molar-refractivity contribution >= 4 is 5.97 Å². The standard InChI is InChI=1S/C10H21NO3/c1-5-9(3,7-12)11-10(4,6-2)8(13)14/h11-12H,5-7H2,1-4H3,(H,13,14). The summed E-state index contributed by atoms with van der Waals surface area (Å²) in [5.41, 5.74) is -1.49. The molecule has 4 heteroatoms. The molecule has 3 N–H and O–H groups in total. The molecule has 0 spiro atoms. The molecule has 2 atom stereocenters. The van der Waals surface area contributed by atoms with Crippen LogP contribution in [-0.4, -0.2) is 33.9 Å². The Kier molecular flexibility index (Phi) is 4.55. The molecule has 0 aliphatic carbocycles. The molecule has 0 aromatic heterocycles. The lowest BCUT2D eigenvalue weighted by atomic mass is 9.91. The highest BCUT2D eigenvalue weighted by molar-refractivity contribution is 5.78. The van der Waals surface area contributed by atoms with Crippen LogP contribution in [0.1, 0.15) is 40.5 Å². The first kappa shape index (κ1) is 13.4. The monoisotopic (exact) mass is 203 g/mol. The van der Waals surface area contributed by atoms with Gasteiger partial charge in [-0.1, -0.05) is 13.8 Å². The Hall–Kier alpha value is -0.610. The summed E-state index contributed by atoms with van der Waals surface area (Å²) in [5.74, 6) is -0.881. The minimum atomic E-state index is -0.965. The Bertz CT molecular complexity index is 202. The molecule has 14 heavy (non-hydrogen) atoms. The maximum Gasteiger partial charge on any atom is 0.323 e. The Morgan fingerprint density at radius 3 is 2.00 bits per heavy atom. The molecule has 0 aromatic carbocycles. The van der Waals surface area contributed by atoms with E-state index >= 15 is 0 Å². The van der Waals surface area contributed by atoms with Crippen LogP contribution in [0.25, 0.3) is 0 Å². The van der Waals surface area contributed by atoms with Crippen LogP contribution in [0.15, 0.2) is 0 Å². The van der Waals surface area contributed by atoms with Crippen LogP contribution >= 0.6 is 0 Å². The fraction of sp³-hybridized carbons (Fsp3) is 0.900. The molecule has 0 aromatic rings. The van der Waals surface area contributed by atoms with E-state index in [4.69, 9.17) is 5.11 Å². The van der Waals surface area contributed by atoms with Crippen LogP contribution < -0.4 is 5.32 Å². The quantitative estimate of drug-likeness (QED) is 0.602. The van der Waals surface area contributed by atoms with Crippen molar-refractivity contribution in [1.82, 2.24) is 5.32 Å². The number of nitrogens with one attached hydrogen (secondary N) is 1. The summed E-state index contributed by atoms with van der Waals surface area (Å²) in [6.45, 7) is 7.13. The number of rotatable bonds is 6. The van der Waals surface area contributed by atoms with Crippen LogP contribution in [0.5, 0.6) is 0 Å². The van der Waals surface area contributed by atoms with E-state index in [2.05, 4.69) is 5.32 Å². The zero-order chi connectivity index (χ0) is 11.4. The van der Waals surface area contributed by atoms with E-state index in [1.165, 1.54) is 0 Å². The third kappa shape index (κ3) is 2.96. The first-order valence-electron chi connectivity index (χ1n) is 4.97. The van der Waals surface area contributed by atoms with Crippen molar-refractivity contribution in [3.8, 4) is 0 Å². The third-order valence-electron chi connectivity index (χ3n) is 2.89. The summed E-state index contributed by atoms with van der Waals surface area (Å²) in [4.78, 5) is 11.0. The first-order valence-corrected chi connectivity index (χ1v) is 4.97. The molecular weight excluding hydrogens is 182 g/mol. The lowest BCUT2D eigenvalue weighted by Crippen LogP contribution is -2.60. The molecule has 0 bridgehead atoms. The van der Waals surface area contributed by atoms with Crippen LogP contribution in [-0.2, 0) is 4.79 Å². The Morgan fingerprint density at radius 2 is 1.79 bits per heavy atom. The summed E-state index contributed by atoms with van der Waals surface area (Å²) in [6, 6.07) is 0. The molecule has 0 fully saturated rings. The normalized spacial score (nSPS) is 19.8. The van der Waals surface area contributed by atoms with Gasteiger partial charge in [0.15, 0.2) is 0 Å². The second-order valence-corrected chi connectivity index (χ2v) is 4.19. The maximum absolute atomic E-state index is 11.0. The molecule has 0 saturated heterocycles. The lowest BCUT2D eigenvalue weighted by Gasteiger charge is -2.37. The average Bonchev–Trinajstić information content (AvgIpc) is 2.17. The van der Waals surface area contributed by atoms with Gasteiger partial charge in [0.25, 0.3) is 0 Å². The van der Waals surface area contributed by atoms with Crippen molar-refractivity contribution in [2.24, 2.45) is 0 Å². The van der Waals surface area contributed by atoms with E-state index in [1.54, 1.807) is 6.92 Å². The number of hydrogen-bond acceptors (Lipinski definition) is 3. The minimum absolute atomic E-state index is 0.0631. The Balaban J connectivity index is 4.67. The van der Waals surface area contributed by atoms with Gasteiger partial charge in [0, 0.05) is 5.54 Å². The van der Waals surface area contributed by atoms with Gasteiger partial charge < -0.3 is 10.2 Å². The highest BCUT2D eigenvalue weighted by Gasteiger charge is 2.37. The van der Waals surface area contributed by atoms with Crippen molar-refractivity contribution in [2.45, 2.75) is 51.6 Å². The van der Waals surface area contributed by atoms with Crippen molar-refractivity contribution in [2.75, 3.05) is 6.61 Å². The van der Waals surface area contributed by atoms with E-state index in [0.717, 1.165) is 0 Å². The van der Waals surface area contributed by atoms with E-state index in [0.29, 0.717) is 12.8 Å². The maximum atomic E-state index is 11.0. The van der Waals surface area contributed by atoms with Crippen LogP contribution in [0.2, 0.25) is 0 Å². The zero-order valence-corrected chi connectivity index (χ0v) is 9.42. The molecule has 0 rings (SSSR count). The van der Waals surface area contributed by atoms with Gasteiger partial charge in [0.05, 0.1) is 6.61 Å². The summed E-state index contributed by atoms with van der Waals surface area (Å²) in [6.07, 6.45) is 1.17. The second kappa shape index (κ2) is 4.75. The first-order chi connectivity index (χ1) is 6.33. The number of carbonyl (C=O) groups is 1. The van der Waals surface area contributed by atoms with Gasteiger partial charge in [0.2, 0.25) is 0 Å². The molecule has 0 aliphatic rings. The minimum Gasteiger partial charge on any atom is -0.480 e. The number of hydrogen-bond donors (Lipinski definition) is 3. The van der Waals surface area contributed by atoms with Gasteiger partial charge in [0.1, 0.15) is 5.54 Å². The molecule has 4 nitrogen and oxygen atoms in total.